The average molecular weight is 607 g/mol. The molecule has 0 unspecified atom stereocenters. The maximum atomic E-state index is 12.5. The molecule has 0 aromatic rings. The van der Waals surface area contributed by atoms with Crippen molar-refractivity contribution in [1.29, 1.82) is 0 Å². The van der Waals surface area contributed by atoms with Crippen LogP contribution in [0.4, 0.5) is 4.79 Å². The topological polar surface area (TPSA) is 136 Å². The molecule has 1 N–H and O–H groups in total. The standard InChI is InChI=1S/C24H38Cl3NO10/c1-5-6-7-8-9-10-11-12-33-22-19(28-23(32)35-14-24(25,26)27)21(37-17(4)31)20(36-16(3)30)18(38-22)13-34-15(2)29/h18-22H,5-14H2,1-4H3,(H,28,32)/t18-,19-,20-,21-,22-/m1/s1. The van der Waals surface area contributed by atoms with E-state index in [-0.39, 0.29) is 13.2 Å². The third-order valence-electron chi connectivity index (χ3n) is 5.38. The van der Waals surface area contributed by atoms with Crippen LogP contribution in [-0.2, 0) is 42.8 Å². The number of carbonyl (C=O) groups is 4. The molecule has 0 aromatic carbocycles. The van der Waals surface area contributed by atoms with Gasteiger partial charge in [0.05, 0.1) is 0 Å². The van der Waals surface area contributed by atoms with E-state index in [4.69, 9.17) is 63.2 Å². The lowest BCUT2D eigenvalue weighted by molar-refractivity contribution is -0.277. The van der Waals surface area contributed by atoms with Crippen LogP contribution < -0.4 is 5.32 Å². The predicted octanol–water partition coefficient (Wildman–Crippen LogP) is 4.37. The van der Waals surface area contributed by atoms with Crippen LogP contribution in [0.5, 0.6) is 0 Å². The zero-order valence-electron chi connectivity index (χ0n) is 22.2. The number of amides is 1. The Labute approximate surface area is 238 Å². The van der Waals surface area contributed by atoms with Gasteiger partial charge in [-0.1, -0.05) is 80.3 Å². The summed E-state index contributed by atoms with van der Waals surface area (Å²) in [6, 6.07) is -1.19. The highest BCUT2D eigenvalue weighted by Gasteiger charge is 2.51. The Balaban J connectivity index is 3.10. The van der Waals surface area contributed by atoms with Gasteiger partial charge in [-0.25, -0.2) is 4.79 Å². The summed E-state index contributed by atoms with van der Waals surface area (Å²) < 4.78 is 30.9. The maximum absolute atomic E-state index is 12.5. The van der Waals surface area contributed by atoms with Crippen LogP contribution in [0.1, 0.15) is 72.6 Å². The smallest absolute Gasteiger partial charge is 0.407 e. The molecule has 1 heterocycles. The summed E-state index contributed by atoms with van der Waals surface area (Å²) in [4.78, 5) is 47.8. The van der Waals surface area contributed by atoms with Crippen molar-refractivity contribution in [3.8, 4) is 0 Å². The van der Waals surface area contributed by atoms with Crippen molar-refractivity contribution in [1.82, 2.24) is 5.32 Å². The Kier molecular flexibility index (Phi) is 16.3. The number of rotatable bonds is 15. The number of carbonyl (C=O) groups excluding carboxylic acids is 4. The lowest BCUT2D eigenvalue weighted by Gasteiger charge is -2.44. The van der Waals surface area contributed by atoms with Crippen LogP contribution in [0.15, 0.2) is 0 Å². The van der Waals surface area contributed by atoms with Crippen molar-refractivity contribution in [3.05, 3.63) is 0 Å². The molecule has 38 heavy (non-hydrogen) atoms. The van der Waals surface area contributed by atoms with Crippen molar-refractivity contribution >= 4 is 58.8 Å². The van der Waals surface area contributed by atoms with E-state index in [1.54, 1.807) is 0 Å². The summed E-state index contributed by atoms with van der Waals surface area (Å²) in [6.45, 7) is 5.01. The Hall–Kier alpha value is -1.53. The molecule has 0 aliphatic carbocycles. The molecule has 1 amide bonds. The van der Waals surface area contributed by atoms with Crippen LogP contribution in [0.25, 0.3) is 0 Å². The van der Waals surface area contributed by atoms with Gasteiger partial charge in [0.1, 0.15) is 25.4 Å². The molecule has 1 aliphatic rings. The van der Waals surface area contributed by atoms with Gasteiger partial charge >= 0.3 is 24.0 Å². The number of unbranched alkanes of at least 4 members (excludes halogenated alkanes) is 6. The number of ether oxygens (including phenoxy) is 6. The molecule has 0 aromatic heterocycles. The molecule has 0 saturated carbocycles. The molecule has 1 aliphatic heterocycles. The minimum atomic E-state index is -1.86. The van der Waals surface area contributed by atoms with E-state index in [1.807, 2.05) is 0 Å². The van der Waals surface area contributed by atoms with Gasteiger partial charge in [-0.2, -0.15) is 0 Å². The first-order valence-corrected chi connectivity index (χ1v) is 13.7. The third kappa shape index (κ3) is 14.6. The van der Waals surface area contributed by atoms with Gasteiger partial charge in [0.15, 0.2) is 18.5 Å². The zero-order valence-corrected chi connectivity index (χ0v) is 24.4. The lowest BCUT2D eigenvalue weighted by Crippen LogP contribution is -2.66. The second kappa shape index (κ2) is 17.9. The van der Waals surface area contributed by atoms with Crippen molar-refractivity contribution in [2.75, 3.05) is 19.8 Å². The first-order valence-electron chi connectivity index (χ1n) is 12.6. The number of hydrogen-bond donors (Lipinski definition) is 1. The summed E-state index contributed by atoms with van der Waals surface area (Å²) in [5.74, 6) is -2.05. The van der Waals surface area contributed by atoms with E-state index in [0.29, 0.717) is 6.42 Å². The van der Waals surface area contributed by atoms with E-state index in [0.717, 1.165) is 39.5 Å². The number of hydrogen-bond acceptors (Lipinski definition) is 10. The molecular formula is C24H38Cl3NO10. The minimum absolute atomic E-state index is 0.255. The van der Waals surface area contributed by atoms with E-state index in [9.17, 15) is 19.2 Å². The highest BCUT2D eigenvalue weighted by molar-refractivity contribution is 6.67. The van der Waals surface area contributed by atoms with Gasteiger partial charge in [-0.3, -0.25) is 14.4 Å². The quantitative estimate of drug-likeness (QED) is 0.124. The van der Waals surface area contributed by atoms with Crippen LogP contribution >= 0.6 is 34.8 Å². The lowest BCUT2D eigenvalue weighted by atomic mass is 9.96. The summed E-state index contributed by atoms with van der Waals surface area (Å²) in [5.41, 5.74) is 0. The molecular weight excluding hydrogens is 569 g/mol. The third-order valence-corrected chi connectivity index (χ3v) is 5.71. The minimum Gasteiger partial charge on any atom is -0.463 e. The Bertz CT molecular complexity index is 764. The Morgan fingerprint density at radius 3 is 1.95 bits per heavy atom. The normalized spacial score (nSPS) is 23.3. The summed E-state index contributed by atoms with van der Waals surface area (Å²) in [5, 5.41) is 2.50. The second-order valence-electron chi connectivity index (χ2n) is 8.85. The van der Waals surface area contributed by atoms with E-state index in [1.165, 1.54) is 19.8 Å². The van der Waals surface area contributed by atoms with Gasteiger partial charge in [0, 0.05) is 27.4 Å². The molecule has 0 spiro atoms. The van der Waals surface area contributed by atoms with Gasteiger partial charge in [-0.15, -0.1) is 0 Å². The number of alkyl halides is 3. The van der Waals surface area contributed by atoms with Gasteiger partial charge in [-0.05, 0) is 6.42 Å². The molecule has 1 fully saturated rings. The molecule has 220 valence electrons. The molecule has 1 saturated heterocycles. The van der Waals surface area contributed by atoms with Gasteiger partial charge < -0.3 is 33.7 Å². The SMILES string of the molecule is CCCCCCCCCO[C@@H]1O[C@H](COC(C)=O)[C@@H](OC(C)=O)[C@H](OC(C)=O)[C@H]1NC(=O)OCC(Cl)(Cl)Cl. The number of alkyl carbamates (subject to hydrolysis) is 1. The van der Waals surface area contributed by atoms with E-state index < -0.39 is 65.0 Å². The zero-order chi connectivity index (χ0) is 28.7. The fraction of sp³-hybridized carbons (Fsp3) is 0.833. The highest BCUT2D eigenvalue weighted by atomic mass is 35.6. The van der Waals surface area contributed by atoms with Gasteiger partial charge in [0.25, 0.3) is 0 Å². The molecule has 5 atom stereocenters. The van der Waals surface area contributed by atoms with Crippen molar-refractivity contribution in [2.24, 2.45) is 0 Å². The number of esters is 3. The Morgan fingerprint density at radius 1 is 0.816 bits per heavy atom. The van der Waals surface area contributed by atoms with Gasteiger partial charge in [0.2, 0.25) is 3.79 Å². The van der Waals surface area contributed by atoms with E-state index >= 15 is 0 Å². The largest absolute Gasteiger partial charge is 0.463 e. The molecule has 0 bridgehead atoms. The van der Waals surface area contributed by atoms with Crippen LogP contribution in [0.3, 0.4) is 0 Å². The Morgan fingerprint density at radius 2 is 1.39 bits per heavy atom. The predicted molar refractivity (Wildman–Crippen MR) is 139 cm³/mol. The molecule has 14 heteroatoms. The first kappa shape index (κ1) is 34.5. The molecule has 11 nitrogen and oxygen atoms in total. The summed E-state index contributed by atoms with van der Waals surface area (Å²) >= 11 is 17.0. The average Bonchev–Trinajstić information content (AvgIpc) is 2.80. The maximum Gasteiger partial charge on any atom is 0.407 e. The van der Waals surface area contributed by atoms with Crippen LogP contribution in [-0.4, -0.2) is 78.3 Å². The van der Waals surface area contributed by atoms with Crippen molar-refractivity contribution < 1.29 is 47.6 Å². The first-order chi connectivity index (χ1) is 17.8. The summed E-state index contributed by atoms with van der Waals surface area (Å²) in [7, 11) is 0. The number of halogens is 3. The van der Waals surface area contributed by atoms with Crippen LogP contribution in [0, 0.1) is 0 Å². The number of nitrogens with one attached hydrogen (secondary N) is 1. The molecule has 1 rings (SSSR count). The van der Waals surface area contributed by atoms with E-state index in [2.05, 4.69) is 12.2 Å². The van der Waals surface area contributed by atoms with Crippen LogP contribution in [0.2, 0.25) is 0 Å². The fourth-order valence-corrected chi connectivity index (χ4v) is 3.95. The highest BCUT2D eigenvalue weighted by Crippen LogP contribution is 2.29. The summed E-state index contributed by atoms with van der Waals surface area (Å²) in [6.07, 6.45) is 1.49. The fourth-order valence-electron chi connectivity index (χ4n) is 3.78. The van der Waals surface area contributed by atoms with Crippen molar-refractivity contribution in [2.45, 2.75) is 107 Å². The molecule has 0 radical (unpaired) electrons. The van der Waals surface area contributed by atoms with Crippen molar-refractivity contribution in [3.63, 3.8) is 0 Å². The monoisotopic (exact) mass is 605 g/mol. The second-order valence-corrected chi connectivity index (χ2v) is 11.4.